The first-order valence-electron chi connectivity index (χ1n) is 8.59. The Morgan fingerprint density at radius 3 is 2.85 bits per heavy atom. The lowest BCUT2D eigenvalue weighted by atomic mass is 9.97. The highest BCUT2D eigenvalue weighted by Gasteiger charge is 2.23. The van der Waals surface area contributed by atoms with Gasteiger partial charge in [-0.3, -0.25) is 4.68 Å². The second-order valence-corrected chi connectivity index (χ2v) is 8.35. The topological polar surface area (TPSA) is 73.2 Å². The molecule has 6 nitrogen and oxygen atoms in total. The van der Waals surface area contributed by atoms with Crippen LogP contribution in [0.15, 0.2) is 41.6 Å². The molecule has 1 N–H and O–H groups in total. The summed E-state index contributed by atoms with van der Waals surface area (Å²) in [5, 5.41) is 4.11. The number of benzene rings is 1. The molecule has 3 rings (SSSR count). The molecule has 0 aliphatic heterocycles. The Balaban J connectivity index is 1.65. The maximum atomic E-state index is 12.6. The first kappa shape index (κ1) is 19.5. The average molecular weight is 397 g/mol. The molecule has 1 aliphatic carbocycles. The van der Waals surface area contributed by atoms with E-state index in [2.05, 4.69) is 14.6 Å². The molecule has 0 radical (unpaired) electrons. The fraction of sp³-hybridized carbons (Fsp3) is 0.389. The predicted octanol–water partition coefficient (Wildman–Crippen LogP) is 3.03. The number of ether oxygens (including phenoxy) is 1. The molecule has 1 aromatic carbocycles. The molecule has 27 heavy (non-hydrogen) atoms. The average Bonchev–Trinajstić information content (AvgIpc) is 3.12. The lowest BCUT2D eigenvalue weighted by molar-refractivity contribution is -0.0498. The molecule has 1 atom stereocenters. The van der Waals surface area contributed by atoms with E-state index in [9.17, 15) is 17.2 Å². The van der Waals surface area contributed by atoms with E-state index in [1.165, 1.54) is 12.1 Å². The number of sulfonamides is 1. The molecule has 2 aromatic rings. The minimum absolute atomic E-state index is 0.0743. The predicted molar refractivity (Wildman–Crippen MR) is 97.7 cm³/mol. The fourth-order valence-electron chi connectivity index (χ4n) is 2.97. The van der Waals surface area contributed by atoms with Crippen LogP contribution in [0.1, 0.15) is 24.5 Å². The Morgan fingerprint density at radius 1 is 1.33 bits per heavy atom. The lowest BCUT2D eigenvalue weighted by Gasteiger charge is -2.19. The summed E-state index contributed by atoms with van der Waals surface area (Å²) in [5.74, 6) is 0.152. The van der Waals surface area contributed by atoms with Crippen LogP contribution in [0.2, 0.25) is 0 Å². The Kier molecular flexibility index (Phi) is 5.91. The van der Waals surface area contributed by atoms with Crippen LogP contribution in [0.3, 0.4) is 0 Å². The summed E-state index contributed by atoms with van der Waals surface area (Å²) >= 11 is 0. The quantitative estimate of drug-likeness (QED) is 0.743. The van der Waals surface area contributed by atoms with E-state index >= 15 is 0 Å². The molecule has 0 bridgehead atoms. The molecule has 0 unspecified atom stereocenters. The van der Waals surface area contributed by atoms with Crippen molar-refractivity contribution < 1.29 is 21.9 Å². The first-order chi connectivity index (χ1) is 12.8. The van der Waals surface area contributed by atoms with E-state index in [0.29, 0.717) is 36.4 Å². The maximum Gasteiger partial charge on any atom is 0.387 e. The molecule has 1 heterocycles. The van der Waals surface area contributed by atoms with Gasteiger partial charge in [0.25, 0.3) is 0 Å². The van der Waals surface area contributed by atoms with Gasteiger partial charge in [-0.15, -0.1) is 0 Å². The monoisotopic (exact) mass is 397 g/mol. The number of nitrogens with zero attached hydrogens (tertiary/aromatic N) is 2. The van der Waals surface area contributed by atoms with Crippen LogP contribution in [0.5, 0.6) is 5.75 Å². The van der Waals surface area contributed by atoms with E-state index in [-0.39, 0.29) is 11.7 Å². The van der Waals surface area contributed by atoms with Crippen LogP contribution in [-0.2, 0) is 23.0 Å². The molecule has 1 aliphatic rings. The van der Waals surface area contributed by atoms with Gasteiger partial charge in [0.2, 0.25) is 10.0 Å². The van der Waals surface area contributed by atoms with Crippen molar-refractivity contribution in [3.63, 3.8) is 0 Å². The summed E-state index contributed by atoms with van der Waals surface area (Å²) in [6.07, 6.45) is 5.86. The fourth-order valence-corrected chi connectivity index (χ4v) is 4.31. The third-order valence-electron chi connectivity index (χ3n) is 4.32. The van der Waals surface area contributed by atoms with Gasteiger partial charge < -0.3 is 4.74 Å². The summed E-state index contributed by atoms with van der Waals surface area (Å²) in [6, 6.07) is 6.36. The van der Waals surface area contributed by atoms with E-state index in [4.69, 9.17) is 0 Å². The van der Waals surface area contributed by atoms with Crippen molar-refractivity contribution in [1.29, 1.82) is 0 Å². The number of hydrogen-bond acceptors (Lipinski definition) is 4. The van der Waals surface area contributed by atoms with Gasteiger partial charge in [-0.25, -0.2) is 13.1 Å². The Bertz CT molecular complexity index is 912. The maximum absolute atomic E-state index is 12.6. The SMILES string of the molecule is C[C@@H](CNS(=O)(=O)C1=Cc2ccc(OC(F)F)cc2CC1)Cn1cccn1. The number of hydrogen-bond donors (Lipinski definition) is 1. The number of halogens is 2. The van der Waals surface area contributed by atoms with Crippen molar-refractivity contribution >= 4 is 16.1 Å². The van der Waals surface area contributed by atoms with E-state index in [1.54, 1.807) is 23.0 Å². The molecule has 0 saturated carbocycles. The molecular weight excluding hydrogens is 376 g/mol. The number of nitrogens with one attached hydrogen (secondary N) is 1. The smallest absolute Gasteiger partial charge is 0.387 e. The highest BCUT2D eigenvalue weighted by atomic mass is 32.2. The summed E-state index contributed by atoms with van der Waals surface area (Å²) in [6.45, 7) is -0.0250. The number of aromatic nitrogens is 2. The van der Waals surface area contributed by atoms with Crippen molar-refractivity contribution in [1.82, 2.24) is 14.5 Å². The van der Waals surface area contributed by atoms with Gasteiger partial charge in [0, 0.05) is 25.5 Å². The van der Waals surface area contributed by atoms with E-state index in [1.807, 2.05) is 19.2 Å². The van der Waals surface area contributed by atoms with Crippen molar-refractivity contribution in [2.75, 3.05) is 6.54 Å². The van der Waals surface area contributed by atoms with Crippen LogP contribution in [0, 0.1) is 5.92 Å². The molecule has 9 heteroatoms. The Hall–Kier alpha value is -2.26. The zero-order valence-electron chi connectivity index (χ0n) is 14.8. The number of fused-ring (bicyclic) bond motifs is 1. The summed E-state index contributed by atoms with van der Waals surface area (Å²) in [7, 11) is -3.60. The number of allylic oxidation sites excluding steroid dienone is 1. The largest absolute Gasteiger partial charge is 0.435 e. The minimum atomic E-state index is -3.60. The summed E-state index contributed by atoms with van der Waals surface area (Å²) in [4.78, 5) is 0.295. The van der Waals surface area contributed by atoms with E-state index < -0.39 is 16.6 Å². The van der Waals surface area contributed by atoms with Crippen LogP contribution in [0.25, 0.3) is 6.08 Å². The number of rotatable bonds is 8. The van der Waals surface area contributed by atoms with E-state index in [0.717, 1.165) is 5.56 Å². The van der Waals surface area contributed by atoms with Crippen molar-refractivity contribution in [2.24, 2.45) is 5.92 Å². The van der Waals surface area contributed by atoms with Crippen LogP contribution >= 0.6 is 0 Å². The van der Waals surface area contributed by atoms with Gasteiger partial charge in [-0.2, -0.15) is 13.9 Å². The Labute approximate surface area is 156 Å². The summed E-state index contributed by atoms with van der Waals surface area (Å²) < 4.78 is 58.6. The number of alkyl halides is 2. The zero-order valence-corrected chi connectivity index (χ0v) is 15.6. The molecule has 0 saturated heterocycles. The molecule has 0 fully saturated rings. The normalized spacial score (nSPS) is 15.3. The van der Waals surface area contributed by atoms with Gasteiger partial charge in [-0.1, -0.05) is 13.0 Å². The van der Waals surface area contributed by atoms with Gasteiger partial charge in [0.05, 0.1) is 4.91 Å². The third kappa shape index (κ3) is 5.14. The van der Waals surface area contributed by atoms with Crippen molar-refractivity contribution in [2.45, 2.75) is 32.9 Å². The molecule has 146 valence electrons. The molecule has 1 aromatic heterocycles. The van der Waals surface area contributed by atoms with Crippen molar-refractivity contribution in [3.05, 3.63) is 52.7 Å². The first-order valence-corrected chi connectivity index (χ1v) is 10.1. The van der Waals surface area contributed by atoms with Crippen LogP contribution in [-0.4, -0.2) is 31.4 Å². The third-order valence-corrected chi connectivity index (χ3v) is 5.88. The number of aryl methyl sites for hydroxylation is 1. The highest BCUT2D eigenvalue weighted by Crippen LogP contribution is 2.30. The Morgan fingerprint density at radius 2 is 2.15 bits per heavy atom. The molecule has 0 spiro atoms. The highest BCUT2D eigenvalue weighted by molar-refractivity contribution is 7.93. The second kappa shape index (κ2) is 8.18. The molecule has 0 amide bonds. The van der Waals surface area contributed by atoms with Gasteiger partial charge in [0.15, 0.2) is 0 Å². The zero-order chi connectivity index (χ0) is 19.4. The minimum Gasteiger partial charge on any atom is -0.435 e. The van der Waals surface area contributed by atoms with Gasteiger partial charge in [0.1, 0.15) is 5.75 Å². The van der Waals surface area contributed by atoms with Gasteiger partial charge in [-0.05, 0) is 54.2 Å². The standard InChI is InChI=1S/C18H21F2N3O3S/c1-13(12-23-8-2-7-21-23)11-22-27(24,25)17-6-4-14-9-16(26-18(19)20)5-3-15(14)10-17/h2-3,5,7-10,13,18,22H,4,6,11-12H2,1H3/t13-/m0/s1. The summed E-state index contributed by atoms with van der Waals surface area (Å²) in [5.41, 5.74) is 1.49. The van der Waals surface area contributed by atoms with Crippen molar-refractivity contribution in [3.8, 4) is 5.75 Å². The lowest BCUT2D eigenvalue weighted by Crippen LogP contribution is -2.31. The van der Waals surface area contributed by atoms with Crippen LogP contribution in [0.4, 0.5) is 8.78 Å². The van der Waals surface area contributed by atoms with Gasteiger partial charge >= 0.3 is 6.61 Å². The second-order valence-electron chi connectivity index (χ2n) is 6.53. The van der Waals surface area contributed by atoms with Crippen LogP contribution < -0.4 is 9.46 Å². The molecular formula is C18H21F2N3O3S.